The van der Waals surface area contributed by atoms with Gasteiger partial charge in [0, 0.05) is 26.2 Å². The Balaban J connectivity index is 2.69. The second-order valence-corrected chi connectivity index (χ2v) is 4.93. The third-order valence-electron chi connectivity index (χ3n) is 2.43. The lowest BCUT2D eigenvalue weighted by atomic mass is 10.2. The molecule has 5 heteroatoms. The van der Waals surface area contributed by atoms with Gasteiger partial charge in [0.1, 0.15) is 5.75 Å². The summed E-state index contributed by atoms with van der Waals surface area (Å²) in [6.45, 7) is 2.63. The SMILES string of the molecule is COCCC(C)Oc1ccc(/C=C/C(=O)O)cc1Br. The van der Waals surface area contributed by atoms with E-state index in [0.717, 1.165) is 28.3 Å². The molecule has 1 unspecified atom stereocenters. The van der Waals surface area contributed by atoms with Crippen molar-refractivity contribution >= 4 is 28.0 Å². The molecule has 0 spiro atoms. The lowest BCUT2D eigenvalue weighted by Crippen LogP contribution is -2.14. The number of halogens is 1. The van der Waals surface area contributed by atoms with Crippen LogP contribution in [0.4, 0.5) is 0 Å². The smallest absolute Gasteiger partial charge is 0.328 e. The maximum Gasteiger partial charge on any atom is 0.328 e. The van der Waals surface area contributed by atoms with Gasteiger partial charge in [-0.1, -0.05) is 6.07 Å². The van der Waals surface area contributed by atoms with Crippen LogP contribution < -0.4 is 4.74 Å². The summed E-state index contributed by atoms with van der Waals surface area (Å²) < 4.78 is 11.6. The minimum absolute atomic E-state index is 0.0525. The normalized spacial score (nSPS) is 12.6. The first-order chi connectivity index (χ1) is 9.02. The Morgan fingerprint density at radius 1 is 1.53 bits per heavy atom. The highest BCUT2D eigenvalue weighted by molar-refractivity contribution is 9.10. The molecule has 0 aliphatic carbocycles. The van der Waals surface area contributed by atoms with Crippen molar-refractivity contribution in [3.8, 4) is 5.75 Å². The number of benzene rings is 1. The highest BCUT2D eigenvalue weighted by Gasteiger charge is 2.07. The van der Waals surface area contributed by atoms with Crippen LogP contribution >= 0.6 is 15.9 Å². The lowest BCUT2D eigenvalue weighted by molar-refractivity contribution is -0.131. The Bertz CT molecular complexity index is 457. The van der Waals surface area contributed by atoms with Crippen molar-refractivity contribution in [2.45, 2.75) is 19.4 Å². The molecular formula is C14H17BrO4. The molecular weight excluding hydrogens is 312 g/mol. The quantitative estimate of drug-likeness (QED) is 0.780. The topological polar surface area (TPSA) is 55.8 Å². The van der Waals surface area contributed by atoms with Crippen LogP contribution in [0.2, 0.25) is 0 Å². The van der Waals surface area contributed by atoms with Crippen molar-refractivity contribution in [2.75, 3.05) is 13.7 Å². The van der Waals surface area contributed by atoms with Gasteiger partial charge < -0.3 is 14.6 Å². The van der Waals surface area contributed by atoms with E-state index in [1.807, 2.05) is 25.1 Å². The van der Waals surface area contributed by atoms with Gasteiger partial charge in [0.05, 0.1) is 10.6 Å². The molecule has 0 bridgehead atoms. The molecule has 104 valence electrons. The first-order valence-electron chi connectivity index (χ1n) is 5.89. The number of methoxy groups -OCH3 is 1. The molecule has 19 heavy (non-hydrogen) atoms. The first kappa shape index (κ1) is 15.7. The molecule has 0 aliphatic rings. The van der Waals surface area contributed by atoms with Crippen molar-refractivity contribution < 1.29 is 19.4 Å². The number of aliphatic carboxylic acids is 1. The fourth-order valence-corrected chi connectivity index (χ4v) is 1.93. The predicted molar refractivity (Wildman–Crippen MR) is 77.4 cm³/mol. The fraction of sp³-hybridized carbons (Fsp3) is 0.357. The van der Waals surface area contributed by atoms with Gasteiger partial charge in [-0.05, 0) is 46.6 Å². The zero-order valence-corrected chi connectivity index (χ0v) is 12.5. The number of carbonyl (C=O) groups is 1. The molecule has 4 nitrogen and oxygen atoms in total. The second-order valence-electron chi connectivity index (χ2n) is 4.07. The van der Waals surface area contributed by atoms with Crippen molar-refractivity contribution in [1.82, 2.24) is 0 Å². The molecule has 0 amide bonds. The Kier molecular flexibility index (Phi) is 6.59. The zero-order valence-electron chi connectivity index (χ0n) is 10.9. The summed E-state index contributed by atoms with van der Waals surface area (Å²) in [6.07, 6.45) is 3.50. The molecule has 0 aromatic heterocycles. The van der Waals surface area contributed by atoms with Gasteiger partial charge in [0.15, 0.2) is 0 Å². The molecule has 0 saturated heterocycles. The molecule has 0 heterocycles. The van der Waals surface area contributed by atoms with E-state index >= 15 is 0 Å². The summed E-state index contributed by atoms with van der Waals surface area (Å²) in [5, 5.41) is 8.57. The molecule has 1 aromatic carbocycles. The zero-order chi connectivity index (χ0) is 14.3. The summed E-state index contributed by atoms with van der Waals surface area (Å²) in [6, 6.07) is 5.44. The van der Waals surface area contributed by atoms with Crippen LogP contribution in [0.15, 0.2) is 28.7 Å². The van der Waals surface area contributed by atoms with Crippen LogP contribution in [0, 0.1) is 0 Å². The van der Waals surface area contributed by atoms with Crippen LogP contribution in [0.3, 0.4) is 0 Å². The predicted octanol–water partition coefficient (Wildman–Crippen LogP) is 3.35. The molecule has 1 atom stereocenters. The van der Waals surface area contributed by atoms with Crippen LogP contribution in [-0.4, -0.2) is 30.9 Å². The van der Waals surface area contributed by atoms with Crippen LogP contribution in [0.1, 0.15) is 18.9 Å². The number of ether oxygens (including phenoxy) is 2. The van der Waals surface area contributed by atoms with Crippen LogP contribution in [0.5, 0.6) is 5.75 Å². The third kappa shape index (κ3) is 5.89. The van der Waals surface area contributed by atoms with Gasteiger partial charge in [0.2, 0.25) is 0 Å². The second kappa shape index (κ2) is 7.96. The number of hydrogen-bond donors (Lipinski definition) is 1. The van der Waals surface area contributed by atoms with Gasteiger partial charge in [0.25, 0.3) is 0 Å². The monoisotopic (exact) mass is 328 g/mol. The molecule has 1 aromatic rings. The number of carboxylic acid groups (broad SMARTS) is 1. The fourth-order valence-electron chi connectivity index (χ4n) is 1.44. The molecule has 0 aliphatic heterocycles. The standard InChI is InChI=1S/C14H17BrO4/c1-10(7-8-18-2)19-13-5-3-11(9-12(13)15)4-6-14(16)17/h3-6,9-10H,7-8H2,1-2H3,(H,16,17)/b6-4+. The molecule has 1 rings (SSSR count). The van der Waals surface area contributed by atoms with Gasteiger partial charge >= 0.3 is 5.97 Å². The number of hydrogen-bond acceptors (Lipinski definition) is 3. The van der Waals surface area contributed by atoms with Crippen LogP contribution in [0.25, 0.3) is 6.08 Å². The Morgan fingerprint density at radius 3 is 2.84 bits per heavy atom. The van der Waals surface area contributed by atoms with Gasteiger partial charge in [-0.15, -0.1) is 0 Å². The first-order valence-corrected chi connectivity index (χ1v) is 6.68. The summed E-state index contributed by atoms with van der Waals surface area (Å²) >= 11 is 3.41. The van der Waals surface area contributed by atoms with E-state index in [1.165, 1.54) is 6.08 Å². The van der Waals surface area contributed by atoms with Crippen molar-refractivity contribution in [3.63, 3.8) is 0 Å². The minimum Gasteiger partial charge on any atom is -0.489 e. The van der Waals surface area contributed by atoms with E-state index in [9.17, 15) is 4.79 Å². The molecule has 0 fully saturated rings. The molecule has 1 N–H and O–H groups in total. The largest absolute Gasteiger partial charge is 0.489 e. The molecule has 0 radical (unpaired) electrons. The highest BCUT2D eigenvalue weighted by Crippen LogP contribution is 2.27. The molecule has 0 saturated carbocycles. The van der Waals surface area contributed by atoms with Gasteiger partial charge in [-0.2, -0.15) is 0 Å². The van der Waals surface area contributed by atoms with E-state index in [4.69, 9.17) is 14.6 Å². The average Bonchev–Trinajstić information content (AvgIpc) is 2.36. The lowest BCUT2D eigenvalue weighted by Gasteiger charge is -2.15. The number of rotatable bonds is 7. The maximum absolute atomic E-state index is 10.4. The van der Waals surface area contributed by atoms with E-state index in [-0.39, 0.29) is 6.10 Å². The Hall–Kier alpha value is -1.33. The van der Waals surface area contributed by atoms with E-state index in [2.05, 4.69) is 15.9 Å². The van der Waals surface area contributed by atoms with Crippen molar-refractivity contribution in [1.29, 1.82) is 0 Å². The summed E-state index contributed by atoms with van der Waals surface area (Å²) in [7, 11) is 1.66. The number of carboxylic acids is 1. The minimum atomic E-state index is -0.968. The van der Waals surface area contributed by atoms with Gasteiger partial charge in [-0.3, -0.25) is 0 Å². The Labute approximate surface area is 121 Å². The maximum atomic E-state index is 10.4. The summed E-state index contributed by atoms with van der Waals surface area (Å²) in [5.74, 6) is -0.235. The van der Waals surface area contributed by atoms with Crippen molar-refractivity contribution in [2.24, 2.45) is 0 Å². The van der Waals surface area contributed by atoms with E-state index < -0.39 is 5.97 Å². The van der Waals surface area contributed by atoms with Crippen molar-refractivity contribution in [3.05, 3.63) is 34.3 Å². The van der Waals surface area contributed by atoms with E-state index in [0.29, 0.717) is 6.61 Å². The van der Waals surface area contributed by atoms with Gasteiger partial charge in [-0.25, -0.2) is 4.79 Å². The van der Waals surface area contributed by atoms with E-state index in [1.54, 1.807) is 7.11 Å². The average molecular weight is 329 g/mol. The third-order valence-corrected chi connectivity index (χ3v) is 3.05. The van der Waals surface area contributed by atoms with Crippen LogP contribution in [-0.2, 0) is 9.53 Å². The summed E-state index contributed by atoms with van der Waals surface area (Å²) in [5.41, 5.74) is 0.797. The summed E-state index contributed by atoms with van der Waals surface area (Å²) in [4.78, 5) is 10.4. The highest BCUT2D eigenvalue weighted by atomic mass is 79.9. The Morgan fingerprint density at radius 2 is 2.26 bits per heavy atom.